The van der Waals surface area contributed by atoms with Gasteiger partial charge in [0.25, 0.3) is 5.91 Å². The second kappa shape index (κ2) is 5.44. The molecule has 1 amide bonds. The molecule has 0 aromatic heterocycles. The topological polar surface area (TPSA) is 55.6 Å². The minimum Gasteiger partial charge on any atom is -0.399 e. The fourth-order valence-corrected chi connectivity index (χ4v) is 2.83. The van der Waals surface area contributed by atoms with Gasteiger partial charge in [0.1, 0.15) is 6.10 Å². The molecule has 1 aliphatic carbocycles. The highest BCUT2D eigenvalue weighted by molar-refractivity contribution is 5.81. The number of benzene rings is 1. The van der Waals surface area contributed by atoms with Crippen LogP contribution >= 0.6 is 0 Å². The van der Waals surface area contributed by atoms with Crippen molar-refractivity contribution in [2.75, 3.05) is 5.73 Å². The van der Waals surface area contributed by atoms with Crippen molar-refractivity contribution in [3.8, 4) is 0 Å². The molecule has 2 atom stereocenters. The van der Waals surface area contributed by atoms with Gasteiger partial charge in [0, 0.05) is 18.3 Å². The van der Waals surface area contributed by atoms with Gasteiger partial charge in [-0.05, 0) is 50.3 Å². The number of anilines is 1. The molecule has 3 rings (SSSR count). The van der Waals surface area contributed by atoms with E-state index in [1.54, 1.807) is 0 Å². The van der Waals surface area contributed by atoms with Crippen molar-refractivity contribution < 1.29 is 9.53 Å². The van der Waals surface area contributed by atoms with E-state index in [0.29, 0.717) is 12.6 Å². The van der Waals surface area contributed by atoms with Gasteiger partial charge in [-0.3, -0.25) is 4.79 Å². The minimum absolute atomic E-state index is 0.152. The van der Waals surface area contributed by atoms with Gasteiger partial charge in [-0.15, -0.1) is 0 Å². The van der Waals surface area contributed by atoms with Crippen LogP contribution in [0.25, 0.3) is 0 Å². The van der Waals surface area contributed by atoms with Crippen LogP contribution in [0.3, 0.4) is 0 Å². The first-order valence-electron chi connectivity index (χ1n) is 7.44. The Bertz CT molecular complexity index is 499. The van der Waals surface area contributed by atoms with E-state index >= 15 is 0 Å². The zero-order valence-corrected chi connectivity index (χ0v) is 11.9. The molecule has 0 spiro atoms. The average molecular weight is 274 g/mol. The SMILES string of the molecule is CC1CCC(C(=O)N(Cc2cccc(N)c2)C2CC2)O1. The molecule has 2 fully saturated rings. The highest BCUT2D eigenvalue weighted by Gasteiger charge is 2.38. The normalized spacial score (nSPS) is 25.6. The lowest BCUT2D eigenvalue weighted by Gasteiger charge is -2.25. The van der Waals surface area contributed by atoms with Gasteiger partial charge in [-0.25, -0.2) is 0 Å². The minimum atomic E-state index is -0.244. The maximum Gasteiger partial charge on any atom is 0.252 e. The summed E-state index contributed by atoms with van der Waals surface area (Å²) in [6.07, 6.45) is 4.00. The maximum absolute atomic E-state index is 12.6. The second-order valence-corrected chi connectivity index (χ2v) is 5.96. The van der Waals surface area contributed by atoms with Gasteiger partial charge in [0.05, 0.1) is 6.10 Å². The van der Waals surface area contributed by atoms with Gasteiger partial charge < -0.3 is 15.4 Å². The van der Waals surface area contributed by atoms with Crippen LogP contribution in [0.2, 0.25) is 0 Å². The molecule has 0 bridgehead atoms. The van der Waals surface area contributed by atoms with E-state index in [1.165, 1.54) is 0 Å². The number of hydrogen-bond donors (Lipinski definition) is 1. The fourth-order valence-electron chi connectivity index (χ4n) is 2.83. The van der Waals surface area contributed by atoms with Gasteiger partial charge in [0.15, 0.2) is 0 Å². The molecule has 0 radical (unpaired) electrons. The summed E-state index contributed by atoms with van der Waals surface area (Å²) in [4.78, 5) is 14.6. The van der Waals surface area contributed by atoms with Gasteiger partial charge in [-0.2, -0.15) is 0 Å². The van der Waals surface area contributed by atoms with Crippen molar-refractivity contribution in [2.24, 2.45) is 0 Å². The van der Waals surface area contributed by atoms with Crippen LogP contribution in [-0.2, 0) is 16.1 Å². The first kappa shape index (κ1) is 13.4. The molecule has 108 valence electrons. The van der Waals surface area contributed by atoms with Crippen molar-refractivity contribution in [2.45, 2.75) is 57.4 Å². The molecule has 1 saturated carbocycles. The molecule has 2 N–H and O–H groups in total. The number of carbonyl (C=O) groups is 1. The molecule has 1 aromatic carbocycles. The zero-order valence-electron chi connectivity index (χ0n) is 11.9. The predicted molar refractivity (Wildman–Crippen MR) is 78.0 cm³/mol. The molecule has 1 saturated heterocycles. The first-order valence-corrected chi connectivity index (χ1v) is 7.44. The summed E-state index contributed by atoms with van der Waals surface area (Å²) in [5.74, 6) is 0.152. The lowest BCUT2D eigenvalue weighted by atomic mass is 10.1. The largest absolute Gasteiger partial charge is 0.399 e. The summed E-state index contributed by atoms with van der Waals surface area (Å²) in [5, 5.41) is 0. The molecular weight excluding hydrogens is 252 g/mol. The summed E-state index contributed by atoms with van der Waals surface area (Å²) in [7, 11) is 0. The van der Waals surface area contributed by atoms with E-state index in [-0.39, 0.29) is 18.1 Å². The number of rotatable bonds is 4. The Morgan fingerprint density at radius 2 is 2.15 bits per heavy atom. The third-order valence-electron chi connectivity index (χ3n) is 4.08. The van der Waals surface area contributed by atoms with E-state index in [1.807, 2.05) is 36.1 Å². The highest BCUT2D eigenvalue weighted by Crippen LogP contribution is 2.31. The molecule has 4 heteroatoms. The summed E-state index contributed by atoms with van der Waals surface area (Å²) < 4.78 is 5.73. The molecule has 1 aliphatic heterocycles. The van der Waals surface area contributed by atoms with Crippen LogP contribution in [0.4, 0.5) is 5.69 Å². The van der Waals surface area contributed by atoms with Crippen LogP contribution in [0.5, 0.6) is 0 Å². The summed E-state index contributed by atoms with van der Waals surface area (Å²) in [6.45, 7) is 2.68. The molecule has 2 aliphatic rings. The summed E-state index contributed by atoms with van der Waals surface area (Å²) in [6, 6.07) is 8.17. The fraction of sp³-hybridized carbons (Fsp3) is 0.562. The number of amides is 1. The first-order chi connectivity index (χ1) is 9.63. The third kappa shape index (κ3) is 2.96. The number of ether oxygens (including phenoxy) is 1. The Kier molecular flexibility index (Phi) is 3.66. The number of nitrogen functional groups attached to an aromatic ring is 1. The van der Waals surface area contributed by atoms with Crippen molar-refractivity contribution in [1.82, 2.24) is 4.90 Å². The highest BCUT2D eigenvalue weighted by atomic mass is 16.5. The van der Waals surface area contributed by atoms with E-state index in [2.05, 4.69) is 0 Å². The monoisotopic (exact) mass is 274 g/mol. The zero-order chi connectivity index (χ0) is 14.1. The molecule has 2 unspecified atom stereocenters. The lowest BCUT2D eigenvalue weighted by molar-refractivity contribution is -0.143. The predicted octanol–water partition coefficient (Wildman–Crippen LogP) is 2.33. The molecule has 20 heavy (non-hydrogen) atoms. The van der Waals surface area contributed by atoms with Gasteiger partial charge in [-0.1, -0.05) is 12.1 Å². The lowest BCUT2D eigenvalue weighted by Crippen LogP contribution is -2.40. The number of nitrogens with zero attached hydrogens (tertiary/aromatic N) is 1. The van der Waals surface area contributed by atoms with Crippen LogP contribution < -0.4 is 5.73 Å². The van der Waals surface area contributed by atoms with Gasteiger partial charge >= 0.3 is 0 Å². The molecular formula is C16H22N2O2. The third-order valence-corrected chi connectivity index (χ3v) is 4.08. The molecule has 4 nitrogen and oxygen atoms in total. The van der Waals surface area contributed by atoms with Crippen LogP contribution in [0.15, 0.2) is 24.3 Å². The summed E-state index contributed by atoms with van der Waals surface area (Å²) >= 11 is 0. The van der Waals surface area contributed by atoms with E-state index < -0.39 is 0 Å². The number of hydrogen-bond acceptors (Lipinski definition) is 3. The van der Waals surface area contributed by atoms with Crippen molar-refractivity contribution in [3.63, 3.8) is 0 Å². The number of nitrogens with two attached hydrogens (primary N) is 1. The van der Waals surface area contributed by atoms with E-state index in [9.17, 15) is 4.79 Å². The van der Waals surface area contributed by atoms with E-state index in [0.717, 1.165) is 36.9 Å². The molecule has 1 aromatic rings. The number of carbonyl (C=O) groups excluding carboxylic acids is 1. The smallest absolute Gasteiger partial charge is 0.252 e. The second-order valence-electron chi connectivity index (χ2n) is 5.96. The van der Waals surface area contributed by atoms with E-state index in [4.69, 9.17) is 10.5 Å². The van der Waals surface area contributed by atoms with Crippen LogP contribution in [-0.4, -0.2) is 29.1 Å². The van der Waals surface area contributed by atoms with Crippen molar-refractivity contribution in [3.05, 3.63) is 29.8 Å². The van der Waals surface area contributed by atoms with Crippen molar-refractivity contribution in [1.29, 1.82) is 0 Å². The Morgan fingerprint density at radius 3 is 2.75 bits per heavy atom. The maximum atomic E-state index is 12.6. The summed E-state index contributed by atoms with van der Waals surface area (Å²) in [5.41, 5.74) is 7.65. The van der Waals surface area contributed by atoms with Crippen LogP contribution in [0.1, 0.15) is 38.2 Å². The molecule has 1 heterocycles. The standard InChI is InChI=1S/C16H22N2O2/c1-11-5-8-15(20-11)16(19)18(14-6-7-14)10-12-3-2-4-13(17)9-12/h2-4,9,11,14-15H,5-8,10,17H2,1H3. The Balaban J connectivity index is 1.71. The average Bonchev–Trinajstić information content (AvgIpc) is 3.17. The van der Waals surface area contributed by atoms with Gasteiger partial charge in [0.2, 0.25) is 0 Å². The van der Waals surface area contributed by atoms with Crippen LogP contribution in [0, 0.1) is 0 Å². The Morgan fingerprint density at radius 1 is 1.35 bits per heavy atom. The van der Waals surface area contributed by atoms with Crippen molar-refractivity contribution >= 4 is 11.6 Å². The Hall–Kier alpha value is -1.55. The quantitative estimate of drug-likeness (QED) is 0.857. The Labute approximate surface area is 119 Å².